The van der Waals surface area contributed by atoms with Gasteiger partial charge in [-0.3, -0.25) is 4.40 Å². The molecule has 0 amide bonds. The number of rotatable bonds is 4. The van der Waals surface area contributed by atoms with Gasteiger partial charge in [0.2, 0.25) is 0 Å². The zero-order valence-corrected chi connectivity index (χ0v) is 13.6. The minimum Gasteiger partial charge on any atom is -0.496 e. The lowest BCUT2D eigenvalue weighted by molar-refractivity contribution is 0.412. The van der Waals surface area contributed by atoms with Crippen LogP contribution in [0.1, 0.15) is 11.4 Å². The second-order valence-corrected chi connectivity index (χ2v) is 6.13. The van der Waals surface area contributed by atoms with Gasteiger partial charge in [0.1, 0.15) is 5.75 Å². The van der Waals surface area contributed by atoms with Crippen molar-refractivity contribution in [3.63, 3.8) is 0 Å². The minimum absolute atomic E-state index is 0.739. The maximum atomic E-state index is 5.23. The van der Waals surface area contributed by atoms with Gasteiger partial charge in [-0.2, -0.15) is 0 Å². The number of benzene rings is 1. The first-order chi connectivity index (χ1) is 9.69. The highest BCUT2D eigenvalue weighted by Gasteiger charge is 2.09. The van der Waals surface area contributed by atoms with Crippen LogP contribution < -0.4 is 10.1 Å². The zero-order valence-electron chi connectivity index (χ0n) is 11.2. The monoisotopic (exact) mass is 351 g/mol. The van der Waals surface area contributed by atoms with Gasteiger partial charge in [0, 0.05) is 17.3 Å². The van der Waals surface area contributed by atoms with Gasteiger partial charge in [-0.25, -0.2) is 4.98 Å². The summed E-state index contributed by atoms with van der Waals surface area (Å²) < 4.78 is 8.30. The second kappa shape index (κ2) is 5.46. The molecule has 2 aromatic heterocycles. The summed E-state index contributed by atoms with van der Waals surface area (Å²) in [4.78, 5) is 5.58. The maximum Gasteiger partial charge on any atom is 0.194 e. The lowest BCUT2D eigenvalue weighted by Gasteiger charge is -2.09. The van der Waals surface area contributed by atoms with E-state index in [1.54, 1.807) is 18.4 Å². The molecule has 3 aromatic rings. The summed E-state index contributed by atoms with van der Waals surface area (Å²) in [6.07, 6.45) is 2.06. The van der Waals surface area contributed by atoms with Gasteiger partial charge in [0.25, 0.3) is 0 Å². The van der Waals surface area contributed by atoms with Crippen molar-refractivity contribution in [1.29, 1.82) is 0 Å². The van der Waals surface area contributed by atoms with Gasteiger partial charge >= 0.3 is 0 Å². The Labute approximate surface area is 129 Å². The van der Waals surface area contributed by atoms with Crippen LogP contribution >= 0.6 is 27.3 Å². The van der Waals surface area contributed by atoms with Crippen LogP contribution in [-0.4, -0.2) is 16.5 Å². The van der Waals surface area contributed by atoms with Crippen molar-refractivity contribution in [1.82, 2.24) is 9.38 Å². The standard InChI is InChI=1S/C14H14BrN3OS/c1-9-12(18-5-6-20-14(18)17-9)8-16-10-3-4-13(19-2)11(15)7-10/h3-7,16H,8H2,1-2H3. The molecule has 0 radical (unpaired) electrons. The molecule has 0 saturated carbocycles. The summed E-state index contributed by atoms with van der Waals surface area (Å²) in [7, 11) is 1.66. The van der Waals surface area contributed by atoms with Gasteiger partial charge < -0.3 is 10.1 Å². The molecule has 0 aliphatic rings. The first kappa shape index (κ1) is 13.5. The summed E-state index contributed by atoms with van der Waals surface area (Å²) in [6.45, 7) is 2.78. The van der Waals surface area contributed by atoms with Crippen LogP contribution in [0.3, 0.4) is 0 Å². The Kier molecular flexibility index (Phi) is 3.67. The normalized spacial score (nSPS) is 10.9. The largest absolute Gasteiger partial charge is 0.496 e. The van der Waals surface area contributed by atoms with Crippen LogP contribution in [0, 0.1) is 6.92 Å². The Balaban J connectivity index is 1.81. The van der Waals surface area contributed by atoms with Crippen LogP contribution in [0.2, 0.25) is 0 Å². The summed E-state index contributed by atoms with van der Waals surface area (Å²) in [6, 6.07) is 5.96. The van der Waals surface area contributed by atoms with Crippen molar-refractivity contribution in [3.8, 4) is 5.75 Å². The molecule has 6 heteroatoms. The van der Waals surface area contributed by atoms with E-state index in [9.17, 15) is 0 Å². The van der Waals surface area contributed by atoms with Gasteiger partial charge in [-0.15, -0.1) is 11.3 Å². The summed E-state index contributed by atoms with van der Waals surface area (Å²) >= 11 is 5.14. The van der Waals surface area contributed by atoms with Crippen LogP contribution in [-0.2, 0) is 6.54 Å². The average molecular weight is 352 g/mol. The number of nitrogens with zero attached hydrogens (tertiary/aromatic N) is 2. The fourth-order valence-electron chi connectivity index (χ4n) is 2.12. The molecular weight excluding hydrogens is 338 g/mol. The topological polar surface area (TPSA) is 38.6 Å². The van der Waals surface area contributed by atoms with Crippen LogP contribution in [0.4, 0.5) is 5.69 Å². The van der Waals surface area contributed by atoms with E-state index in [1.165, 1.54) is 5.69 Å². The quantitative estimate of drug-likeness (QED) is 0.769. The molecule has 0 atom stereocenters. The molecular formula is C14H14BrN3OS. The van der Waals surface area contributed by atoms with Gasteiger partial charge in [0.15, 0.2) is 4.96 Å². The molecule has 1 aromatic carbocycles. The molecule has 0 saturated heterocycles. The van der Waals surface area contributed by atoms with E-state index in [0.29, 0.717) is 0 Å². The number of hydrogen-bond donors (Lipinski definition) is 1. The lowest BCUT2D eigenvalue weighted by atomic mass is 10.3. The molecule has 0 fully saturated rings. The lowest BCUT2D eigenvalue weighted by Crippen LogP contribution is -2.03. The number of aryl methyl sites for hydroxylation is 1. The van der Waals surface area contributed by atoms with Crippen molar-refractivity contribution in [2.45, 2.75) is 13.5 Å². The van der Waals surface area contributed by atoms with E-state index in [4.69, 9.17) is 4.74 Å². The number of hydrogen-bond acceptors (Lipinski definition) is 4. The second-order valence-electron chi connectivity index (χ2n) is 4.40. The van der Waals surface area contributed by atoms with Crippen LogP contribution in [0.5, 0.6) is 5.75 Å². The van der Waals surface area contributed by atoms with Gasteiger partial charge in [0.05, 0.1) is 29.5 Å². The molecule has 0 aliphatic heterocycles. The maximum absolute atomic E-state index is 5.23. The first-order valence-corrected chi connectivity index (χ1v) is 7.84. The van der Waals surface area contributed by atoms with Crippen LogP contribution in [0.25, 0.3) is 4.96 Å². The number of ether oxygens (including phenoxy) is 1. The minimum atomic E-state index is 0.739. The Bertz CT molecular complexity index is 750. The first-order valence-electron chi connectivity index (χ1n) is 6.17. The number of imidazole rings is 1. The van der Waals surface area contributed by atoms with E-state index in [1.807, 2.05) is 25.1 Å². The highest BCUT2D eigenvalue weighted by Crippen LogP contribution is 2.28. The molecule has 2 heterocycles. The van der Waals surface area contributed by atoms with E-state index >= 15 is 0 Å². The summed E-state index contributed by atoms with van der Waals surface area (Å²) in [5.41, 5.74) is 3.30. The van der Waals surface area contributed by atoms with Crippen LogP contribution in [0.15, 0.2) is 34.2 Å². The summed E-state index contributed by atoms with van der Waals surface area (Å²) in [5, 5.41) is 5.47. The molecule has 0 bridgehead atoms. The molecule has 4 nitrogen and oxygen atoms in total. The van der Waals surface area contributed by atoms with Crippen molar-refractivity contribution < 1.29 is 4.74 Å². The molecule has 0 spiro atoms. The van der Waals surface area contributed by atoms with E-state index < -0.39 is 0 Å². The van der Waals surface area contributed by atoms with Crippen molar-refractivity contribution in [3.05, 3.63) is 45.6 Å². The van der Waals surface area contributed by atoms with Gasteiger partial charge in [-0.1, -0.05) is 0 Å². The zero-order chi connectivity index (χ0) is 14.1. The third-order valence-corrected chi connectivity index (χ3v) is 4.55. The number of aromatic nitrogens is 2. The highest BCUT2D eigenvalue weighted by molar-refractivity contribution is 9.10. The van der Waals surface area contributed by atoms with E-state index in [-0.39, 0.29) is 0 Å². The molecule has 3 rings (SSSR count). The van der Waals surface area contributed by atoms with E-state index in [0.717, 1.165) is 33.1 Å². The van der Waals surface area contributed by atoms with Crippen molar-refractivity contribution in [2.24, 2.45) is 0 Å². The average Bonchev–Trinajstić information content (AvgIpc) is 2.97. The Morgan fingerprint density at radius 3 is 3.05 bits per heavy atom. The Morgan fingerprint density at radius 2 is 2.30 bits per heavy atom. The van der Waals surface area contributed by atoms with E-state index in [2.05, 4.69) is 42.2 Å². The van der Waals surface area contributed by atoms with Crippen molar-refractivity contribution in [2.75, 3.05) is 12.4 Å². The SMILES string of the molecule is COc1ccc(NCc2c(C)nc3sccn23)cc1Br. The number of nitrogens with one attached hydrogen (secondary N) is 1. The summed E-state index contributed by atoms with van der Waals surface area (Å²) in [5.74, 6) is 0.830. The number of fused-ring (bicyclic) bond motifs is 1. The third kappa shape index (κ3) is 2.41. The molecule has 104 valence electrons. The Morgan fingerprint density at radius 1 is 1.45 bits per heavy atom. The molecule has 0 unspecified atom stereocenters. The van der Waals surface area contributed by atoms with Gasteiger partial charge in [-0.05, 0) is 41.1 Å². The molecule has 0 aliphatic carbocycles. The highest BCUT2D eigenvalue weighted by atomic mass is 79.9. The molecule has 20 heavy (non-hydrogen) atoms. The smallest absolute Gasteiger partial charge is 0.194 e. The number of methoxy groups -OCH3 is 1. The molecule has 1 N–H and O–H groups in total. The number of halogens is 1. The Hall–Kier alpha value is -1.53. The third-order valence-electron chi connectivity index (χ3n) is 3.17. The number of thiazole rings is 1. The predicted octanol–water partition coefficient (Wildman–Crippen LogP) is 4.09. The van der Waals surface area contributed by atoms with Crippen molar-refractivity contribution >= 4 is 37.9 Å². The number of anilines is 1. The fraction of sp³-hybridized carbons (Fsp3) is 0.214. The fourth-order valence-corrected chi connectivity index (χ4v) is 3.44. The predicted molar refractivity (Wildman–Crippen MR) is 85.8 cm³/mol.